The molecule has 2 heterocycles. The largest absolute Gasteiger partial charge is 0.378 e. The Kier molecular flexibility index (Phi) is 6.83. The summed E-state index contributed by atoms with van der Waals surface area (Å²) in [7, 11) is 0. The number of hydrogen-bond acceptors (Lipinski definition) is 3. The van der Waals surface area contributed by atoms with Crippen LogP contribution in [0.2, 0.25) is 0 Å². The normalized spacial score (nSPS) is 20.9. The van der Waals surface area contributed by atoms with Crippen LogP contribution < -0.4 is 20.2 Å². The first-order valence-corrected chi connectivity index (χ1v) is 11.9. The highest BCUT2D eigenvalue weighted by atomic mass is 16.5. The van der Waals surface area contributed by atoms with Crippen molar-refractivity contribution in [2.24, 2.45) is 0 Å². The predicted molar refractivity (Wildman–Crippen MR) is 131 cm³/mol. The number of ether oxygens (including phenoxy) is 2. The molecule has 0 unspecified atom stereocenters. The van der Waals surface area contributed by atoms with Crippen molar-refractivity contribution < 1.29 is 14.4 Å². The van der Waals surface area contributed by atoms with E-state index < -0.39 is 0 Å². The van der Waals surface area contributed by atoms with Crippen LogP contribution in [-0.4, -0.2) is 52.6 Å². The Bertz CT molecular complexity index is 1070. The van der Waals surface area contributed by atoms with E-state index >= 15 is 0 Å². The first kappa shape index (κ1) is 21.2. The molecule has 2 aromatic carbocycles. The topological polar surface area (TPSA) is 26.1 Å². The van der Waals surface area contributed by atoms with Crippen LogP contribution in [0.25, 0.3) is 18.4 Å². The second-order valence-electron chi connectivity index (χ2n) is 8.86. The Morgan fingerprint density at radius 3 is 2.16 bits per heavy atom. The lowest BCUT2D eigenvalue weighted by Crippen LogP contribution is -3.09. The van der Waals surface area contributed by atoms with Crippen molar-refractivity contribution in [1.29, 1.82) is 0 Å². The van der Waals surface area contributed by atoms with Gasteiger partial charge < -0.3 is 19.3 Å². The Balaban J connectivity index is 1.25. The number of quaternary nitrogens is 1. The lowest BCUT2D eigenvalue weighted by Gasteiger charge is -2.28. The average Bonchev–Trinajstić information content (AvgIpc) is 3.29. The molecule has 32 heavy (non-hydrogen) atoms. The molecule has 1 aliphatic carbocycles. The summed E-state index contributed by atoms with van der Waals surface area (Å²) in [5.74, 6) is 0. The van der Waals surface area contributed by atoms with Gasteiger partial charge in [0, 0.05) is 24.0 Å². The van der Waals surface area contributed by atoms with Crippen molar-refractivity contribution >= 4 is 24.0 Å². The number of morpholine rings is 2. The van der Waals surface area contributed by atoms with Gasteiger partial charge in [-0.05, 0) is 59.0 Å². The molecular formula is C28H33N2O2+. The number of benzene rings is 2. The first-order chi connectivity index (χ1) is 15.8. The molecule has 2 aliphatic heterocycles. The molecule has 2 aromatic rings. The van der Waals surface area contributed by atoms with Crippen molar-refractivity contribution in [2.75, 3.05) is 57.5 Å². The third-order valence-corrected chi connectivity index (χ3v) is 6.49. The number of anilines is 1. The van der Waals surface area contributed by atoms with Gasteiger partial charge >= 0.3 is 0 Å². The van der Waals surface area contributed by atoms with E-state index in [0.717, 1.165) is 65.4 Å². The summed E-state index contributed by atoms with van der Waals surface area (Å²) in [4.78, 5) is 3.90. The number of hydrogen-bond donors (Lipinski definition) is 1. The molecule has 0 aromatic heterocycles. The van der Waals surface area contributed by atoms with Crippen molar-refractivity contribution in [3.63, 3.8) is 0 Å². The Morgan fingerprint density at radius 2 is 1.41 bits per heavy atom. The first-order valence-electron chi connectivity index (χ1n) is 11.9. The van der Waals surface area contributed by atoms with Crippen molar-refractivity contribution in [3.8, 4) is 0 Å². The van der Waals surface area contributed by atoms with Crippen LogP contribution in [0.1, 0.15) is 18.4 Å². The Hall–Kier alpha value is -2.66. The molecule has 2 fully saturated rings. The molecule has 5 rings (SSSR count). The third kappa shape index (κ3) is 5.57. The van der Waals surface area contributed by atoms with E-state index in [4.69, 9.17) is 9.47 Å². The van der Waals surface area contributed by atoms with E-state index in [0.29, 0.717) is 0 Å². The van der Waals surface area contributed by atoms with E-state index in [9.17, 15) is 0 Å². The van der Waals surface area contributed by atoms with Crippen LogP contribution in [0.5, 0.6) is 0 Å². The lowest BCUT2D eigenvalue weighted by molar-refractivity contribution is -0.827. The van der Waals surface area contributed by atoms with Crippen LogP contribution in [0.4, 0.5) is 5.69 Å². The molecule has 0 radical (unpaired) electrons. The van der Waals surface area contributed by atoms with Gasteiger partial charge in [0.2, 0.25) is 0 Å². The maximum atomic E-state index is 5.46. The summed E-state index contributed by atoms with van der Waals surface area (Å²) >= 11 is 0. The number of allylic oxidation sites excluding steroid dienone is 3. The summed E-state index contributed by atoms with van der Waals surface area (Å²) < 4.78 is 10.9. The molecule has 0 bridgehead atoms. The van der Waals surface area contributed by atoms with Gasteiger partial charge in [0.15, 0.2) is 0 Å². The van der Waals surface area contributed by atoms with Gasteiger partial charge in [-0.25, -0.2) is 0 Å². The molecule has 1 N–H and O–H groups in total. The molecule has 0 spiro atoms. The number of nitrogens with zero attached hydrogens (tertiary/aromatic N) is 1. The molecule has 166 valence electrons. The van der Waals surface area contributed by atoms with Crippen LogP contribution in [0.3, 0.4) is 0 Å². The summed E-state index contributed by atoms with van der Waals surface area (Å²) in [5.41, 5.74) is 5.40. The maximum Gasteiger partial charge on any atom is 0.105 e. The minimum atomic E-state index is 0.825. The molecule has 2 saturated heterocycles. The summed E-state index contributed by atoms with van der Waals surface area (Å²) in [6.45, 7) is 7.46. The van der Waals surface area contributed by atoms with Crippen molar-refractivity contribution in [1.82, 2.24) is 0 Å². The molecule has 4 nitrogen and oxygen atoms in total. The smallest absolute Gasteiger partial charge is 0.105 e. The zero-order valence-electron chi connectivity index (χ0n) is 18.8. The van der Waals surface area contributed by atoms with Crippen molar-refractivity contribution in [2.45, 2.75) is 12.8 Å². The molecular weight excluding hydrogens is 396 g/mol. The minimum Gasteiger partial charge on any atom is -0.378 e. The molecule has 0 atom stereocenters. The highest BCUT2D eigenvalue weighted by Crippen LogP contribution is 2.27. The predicted octanol–water partition coefficient (Wildman–Crippen LogP) is 1.76. The minimum absolute atomic E-state index is 0.825. The third-order valence-electron chi connectivity index (χ3n) is 6.49. The van der Waals surface area contributed by atoms with Gasteiger partial charge in [0.25, 0.3) is 0 Å². The fourth-order valence-electron chi connectivity index (χ4n) is 4.63. The van der Waals surface area contributed by atoms with Crippen LogP contribution in [0, 0.1) is 0 Å². The van der Waals surface area contributed by atoms with Crippen molar-refractivity contribution in [3.05, 3.63) is 81.8 Å². The fourth-order valence-corrected chi connectivity index (χ4v) is 4.63. The standard InChI is InChI=1S/C28H32N2O2/c1-3-25(22-29-11-15-31-16-12-29)4-2-23(1)19-26-5-6-27(21-26)20-24-7-9-28(10-8-24)30-13-17-32-18-14-30/h1-4,7-10,19-22H,5-6,11-18H2/p+1. The molecule has 0 amide bonds. The second kappa shape index (κ2) is 10.3. The van der Waals surface area contributed by atoms with E-state index in [1.165, 1.54) is 37.7 Å². The average molecular weight is 430 g/mol. The van der Waals surface area contributed by atoms with Gasteiger partial charge in [-0.3, -0.25) is 0 Å². The number of nitrogens with one attached hydrogen (secondary N) is 1. The van der Waals surface area contributed by atoms with E-state index in [2.05, 4.69) is 77.9 Å². The van der Waals surface area contributed by atoms with Gasteiger partial charge in [0.1, 0.15) is 19.3 Å². The molecule has 3 aliphatic rings. The maximum absolute atomic E-state index is 5.46. The van der Waals surface area contributed by atoms with Gasteiger partial charge in [0.05, 0.1) is 26.4 Å². The zero-order chi connectivity index (χ0) is 21.6. The summed E-state index contributed by atoms with van der Waals surface area (Å²) in [5, 5.41) is 2.57. The summed E-state index contributed by atoms with van der Waals surface area (Å²) in [6, 6.07) is 17.9. The van der Waals surface area contributed by atoms with Gasteiger partial charge in [-0.15, -0.1) is 0 Å². The van der Waals surface area contributed by atoms with Crippen LogP contribution in [-0.2, 0) is 9.47 Å². The summed E-state index contributed by atoms with van der Waals surface area (Å²) in [6.07, 6.45) is 11.6. The highest BCUT2D eigenvalue weighted by molar-refractivity contribution is 5.64. The second-order valence-corrected chi connectivity index (χ2v) is 8.86. The Labute approximate surface area is 190 Å². The Morgan fingerprint density at radius 1 is 0.719 bits per heavy atom. The lowest BCUT2D eigenvalue weighted by atomic mass is 10.1. The van der Waals surface area contributed by atoms with Gasteiger partial charge in [-0.2, -0.15) is 0 Å². The molecule has 4 heteroatoms. The monoisotopic (exact) mass is 429 g/mol. The van der Waals surface area contributed by atoms with Gasteiger partial charge in [-0.1, -0.05) is 42.5 Å². The molecule has 0 saturated carbocycles. The SMILES string of the molecule is C1=C(C=c2ccc(=C[NH+]3CCOCC3)cc2)CCC1=Cc1ccc(N2CCOCC2)cc1. The van der Waals surface area contributed by atoms with E-state index in [-0.39, 0.29) is 0 Å². The van der Waals surface area contributed by atoms with Crippen LogP contribution >= 0.6 is 0 Å². The zero-order valence-corrected chi connectivity index (χ0v) is 18.8. The fraction of sp³-hybridized carbons (Fsp3) is 0.357. The quantitative estimate of drug-likeness (QED) is 0.802. The van der Waals surface area contributed by atoms with Crippen LogP contribution in [0.15, 0.2) is 65.8 Å². The van der Waals surface area contributed by atoms with E-state index in [1.54, 1.807) is 0 Å². The van der Waals surface area contributed by atoms with E-state index in [1.807, 2.05) is 0 Å². The number of rotatable bonds is 4. The highest BCUT2D eigenvalue weighted by Gasteiger charge is 2.12.